The van der Waals surface area contributed by atoms with Gasteiger partial charge in [0.25, 0.3) is 0 Å². The highest BCUT2D eigenvalue weighted by Gasteiger charge is 2.17. The molecule has 0 aliphatic carbocycles. The lowest BCUT2D eigenvalue weighted by Gasteiger charge is -2.19. The summed E-state index contributed by atoms with van der Waals surface area (Å²) in [5.74, 6) is 2.76. The van der Waals surface area contributed by atoms with Gasteiger partial charge in [-0.3, -0.25) is 4.57 Å². The molecule has 0 aliphatic rings. The molecule has 7 rings (SSSR count). The van der Waals surface area contributed by atoms with E-state index in [-0.39, 0.29) is 5.41 Å². The summed E-state index contributed by atoms with van der Waals surface area (Å²) in [5.41, 5.74) is 6.52. The van der Waals surface area contributed by atoms with E-state index in [1.807, 2.05) is 42.6 Å². The van der Waals surface area contributed by atoms with E-state index in [1.165, 1.54) is 10.9 Å². The Labute approximate surface area is 245 Å². The second-order valence-electron chi connectivity index (χ2n) is 11.5. The van der Waals surface area contributed by atoms with Crippen LogP contribution in [0.3, 0.4) is 0 Å². The van der Waals surface area contributed by atoms with E-state index in [1.54, 1.807) is 7.11 Å². The molecule has 0 amide bonds. The summed E-state index contributed by atoms with van der Waals surface area (Å²) in [6.45, 7) is 6.68. The highest BCUT2D eigenvalue weighted by Crippen LogP contribution is 2.38. The first-order chi connectivity index (χ1) is 20.4. The molecule has 42 heavy (non-hydrogen) atoms. The Morgan fingerprint density at radius 3 is 2.21 bits per heavy atom. The van der Waals surface area contributed by atoms with Gasteiger partial charge in [-0.05, 0) is 70.6 Å². The van der Waals surface area contributed by atoms with Crippen molar-refractivity contribution in [2.24, 2.45) is 0 Å². The van der Waals surface area contributed by atoms with Crippen LogP contribution in [0.2, 0.25) is 0 Å². The highest BCUT2D eigenvalue weighted by molar-refractivity contribution is 6.09. The maximum absolute atomic E-state index is 6.38. The van der Waals surface area contributed by atoms with Gasteiger partial charge in [0, 0.05) is 34.5 Å². The second-order valence-corrected chi connectivity index (χ2v) is 11.5. The molecule has 206 valence electrons. The van der Waals surface area contributed by atoms with Crippen LogP contribution in [-0.4, -0.2) is 21.6 Å². The number of nitrogens with zero attached hydrogens (tertiary/aromatic N) is 3. The number of benzene rings is 4. The third kappa shape index (κ3) is 4.44. The summed E-state index contributed by atoms with van der Waals surface area (Å²) in [6, 6.07) is 37.3. The summed E-state index contributed by atoms with van der Waals surface area (Å²) in [6.07, 6.45) is 1.82. The molecule has 4 aromatic carbocycles. The summed E-state index contributed by atoms with van der Waals surface area (Å²) < 4.78 is 14.3. The Hall–Kier alpha value is -5.16. The largest absolute Gasteiger partial charge is 0.494 e. The summed E-state index contributed by atoms with van der Waals surface area (Å²) in [7, 11) is 1.67. The van der Waals surface area contributed by atoms with Gasteiger partial charge in [-0.15, -0.1) is 0 Å². The SMILES string of the molecule is COc1ccc(-c2ccc(C(C)(C)C)cc2)c2ccc(Oc3ccc4c5ccccc5n(-c5ccccn5)c4c3)nc12. The van der Waals surface area contributed by atoms with Crippen molar-refractivity contribution in [3.63, 3.8) is 0 Å². The Kier molecular flexibility index (Phi) is 6.16. The van der Waals surface area contributed by atoms with Crippen LogP contribution in [0.1, 0.15) is 26.3 Å². The first kappa shape index (κ1) is 25.8. The highest BCUT2D eigenvalue weighted by atomic mass is 16.5. The van der Waals surface area contributed by atoms with Crippen LogP contribution in [0.25, 0.3) is 49.7 Å². The predicted molar refractivity (Wildman–Crippen MR) is 171 cm³/mol. The van der Waals surface area contributed by atoms with Crippen molar-refractivity contribution in [1.29, 1.82) is 0 Å². The molecule has 0 atom stereocenters. The number of methoxy groups -OCH3 is 1. The normalized spacial score (nSPS) is 11.8. The van der Waals surface area contributed by atoms with Gasteiger partial charge in [0.15, 0.2) is 0 Å². The number of hydrogen-bond donors (Lipinski definition) is 0. The van der Waals surface area contributed by atoms with E-state index in [4.69, 9.17) is 14.5 Å². The molecule has 0 unspecified atom stereocenters. The minimum atomic E-state index is 0.100. The minimum absolute atomic E-state index is 0.100. The van der Waals surface area contributed by atoms with E-state index in [0.29, 0.717) is 17.4 Å². The molecular weight excluding hydrogens is 518 g/mol. The number of para-hydroxylation sites is 1. The monoisotopic (exact) mass is 549 g/mol. The van der Waals surface area contributed by atoms with Crippen molar-refractivity contribution in [1.82, 2.24) is 14.5 Å². The molecule has 7 aromatic rings. The van der Waals surface area contributed by atoms with E-state index in [9.17, 15) is 0 Å². The fourth-order valence-corrected chi connectivity index (χ4v) is 5.66. The van der Waals surface area contributed by atoms with Crippen LogP contribution in [0.4, 0.5) is 0 Å². The Balaban J connectivity index is 1.30. The van der Waals surface area contributed by atoms with Crippen LogP contribution in [0, 0.1) is 0 Å². The van der Waals surface area contributed by atoms with Gasteiger partial charge in [0.1, 0.15) is 22.8 Å². The smallest absolute Gasteiger partial charge is 0.219 e. The van der Waals surface area contributed by atoms with Crippen molar-refractivity contribution in [2.75, 3.05) is 7.11 Å². The van der Waals surface area contributed by atoms with Crippen molar-refractivity contribution in [3.05, 3.63) is 121 Å². The molecule has 3 heterocycles. The van der Waals surface area contributed by atoms with E-state index < -0.39 is 0 Å². The molecule has 0 spiro atoms. The topological polar surface area (TPSA) is 49.2 Å². The Bertz CT molecular complexity index is 2070. The molecule has 0 aliphatic heterocycles. The van der Waals surface area contributed by atoms with Gasteiger partial charge in [-0.1, -0.05) is 69.3 Å². The zero-order valence-electron chi connectivity index (χ0n) is 24.1. The van der Waals surface area contributed by atoms with Crippen LogP contribution >= 0.6 is 0 Å². The molecule has 0 saturated carbocycles. The number of pyridine rings is 2. The minimum Gasteiger partial charge on any atom is -0.494 e. The van der Waals surface area contributed by atoms with Gasteiger partial charge in [-0.2, -0.15) is 0 Å². The van der Waals surface area contributed by atoms with Crippen LogP contribution in [0.15, 0.2) is 115 Å². The second kappa shape index (κ2) is 10.0. The van der Waals surface area contributed by atoms with Gasteiger partial charge in [-0.25, -0.2) is 9.97 Å². The molecule has 0 saturated heterocycles. The maximum atomic E-state index is 6.38. The average Bonchev–Trinajstić information content (AvgIpc) is 3.34. The third-order valence-electron chi connectivity index (χ3n) is 7.82. The van der Waals surface area contributed by atoms with Crippen LogP contribution in [-0.2, 0) is 5.41 Å². The van der Waals surface area contributed by atoms with Crippen molar-refractivity contribution >= 4 is 32.7 Å². The predicted octanol–water partition coefficient (Wildman–Crippen LogP) is 9.49. The Morgan fingerprint density at radius 2 is 1.45 bits per heavy atom. The van der Waals surface area contributed by atoms with Gasteiger partial charge in [0.2, 0.25) is 5.88 Å². The maximum Gasteiger partial charge on any atom is 0.219 e. The van der Waals surface area contributed by atoms with Gasteiger partial charge in [0.05, 0.1) is 18.1 Å². The first-order valence-corrected chi connectivity index (χ1v) is 14.1. The lowest BCUT2D eigenvalue weighted by molar-refractivity contribution is 0.417. The molecule has 3 aromatic heterocycles. The summed E-state index contributed by atoms with van der Waals surface area (Å²) in [5, 5.41) is 3.32. The van der Waals surface area contributed by atoms with E-state index in [0.717, 1.165) is 44.3 Å². The van der Waals surface area contributed by atoms with Gasteiger partial charge >= 0.3 is 0 Å². The number of ether oxygens (including phenoxy) is 2. The molecule has 0 radical (unpaired) electrons. The van der Waals surface area contributed by atoms with Crippen molar-refractivity contribution in [2.45, 2.75) is 26.2 Å². The summed E-state index contributed by atoms with van der Waals surface area (Å²) >= 11 is 0. The van der Waals surface area contributed by atoms with Crippen LogP contribution in [0.5, 0.6) is 17.4 Å². The standard InChI is InChI=1S/C37H31N3O2/c1-37(2,3)25-14-12-24(13-15-25)27-18-20-33(41-4)36-30(27)19-21-35(39-36)42-26-16-17-29-28-9-5-6-10-31(28)40(32(29)23-26)34-11-7-8-22-38-34/h5-23H,1-4H3. The molecule has 0 fully saturated rings. The van der Waals surface area contributed by atoms with E-state index >= 15 is 0 Å². The zero-order chi connectivity index (χ0) is 28.8. The molecule has 0 N–H and O–H groups in total. The van der Waals surface area contributed by atoms with Crippen molar-refractivity contribution < 1.29 is 9.47 Å². The first-order valence-electron chi connectivity index (χ1n) is 14.1. The molecule has 0 bridgehead atoms. The fourth-order valence-electron chi connectivity index (χ4n) is 5.66. The quantitative estimate of drug-likeness (QED) is 0.215. The van der Waals surface area contributed by atoms with Gasteiger partial charge < -0.3 is 9.47 Å². The average molecular weight is 550 g/mol. The fraction of sp³-hybridized carbons (Fsp3) is 0.135. The number of fused-ring (bicyclic) bond motifs is 4. The van der Waals surface area contributed by atoms with E-state index in [2.05, 4.69) is 103 Å². The lowest BCUT2D eigenvalue weighted by atomic mass is 9.86. The zero-order valence-corrected chi connectivity index (χ0v) is 24.1. The lowest BCUT2D eigenvalue weighted by Crippen LogP contribution is -2.10. The third-order valence-corrected chi connectivity index (χ3v) is 7.82. The Morgan fingerprint density at radius 1 is 0.690 bits per heavy atom. The van der Waals surface area contributed by atoms with Crippen molar-refractivity contribution in [3.8, 4) is 34.3 Å². The number of rotatable bonds is 5. The molecular formula is C37H31N3O2. The molecule has 5 nitrogen and oxygen atoms in total. The summed E-state index contributed by atoms with van der Waals surface area (Å²) in [4.78, 5) is 9.56. The van der Waals surface area contributed by atoms with Crippen LogP contribution < -0.4 is 9.47 Å². The number of aromatic nitrogens is 3. The number of hydrogen-bond acceptors (Lipinski definition) is 4. The molecule has 5 heteroatoms.